The highest BCUT2D eigenvalue weighted by molar-refractivity contribution is 5.20. The molecular formula is C10H16O4. The van der Waals surface area contributed by atoms with Crippen molar-refractivity contribution in [3.8, 4) is 5.75 Å². The van der Waals surface area contributed by atoms with E-state index in [-0.39, 0.29) is 19.8 Å². The number of hydrogen-bond donors (Lipinski definition) is 3. The molecule has 0 aromatic heterocycles. The van der Waals surface area contributed by atoms with Crippen molar-refractivity contribution in [2.75, 3.05) is 26.4 Å². The molecule has 0 saturated heterocycles. The van der Waals surface area contributed by atoms with Crippen LogP contribution in [0.5, 0.6) is 5.75 Å². The number of aliphatic hydroxyl groups is 3. The molecule has 0 aliphatic rings. The molecule has 1 aromatic rings. The Hall–Kier alpha value is -1.10. The van der Waals surface area contributed by atoms with Crippen LogP contribution in [0.1, 0.15) is 0 Å². The maximum absolute atomic E-state index is 8.40. The lowest BCUT2D eigenvalue weighted by Gasteiger charge is -2.01. The molecule has 0 bridgehead atoms. The van der Waals surface area contributed by atoms with E-state index in [0.717, 1.165) is 5.75 Å². The Morgan fingerprint density at radius 1 is 0.857 bits per heavy atom. The van der Waals surface area contributed by atoms with Gasteiger partial charge in [0.25, 0.3) is 0 Å². The first-order chi connectivity index (χ1) is 6.85. The lowest BCUT2D eigenvalue weighted by Crippen LogP contribution is -2.00. The normalized spacial score (nSPS) is 8.79. The fourth-order valence-corrected chi connectivity index (χ4v) is 0.680. The molecule has 0 saturated carbocycles. The van der Waals surface area contributed by atoms with Gasteiger partial charge in [0.1, 0.15) is 12.4 Å². The van der Waals surface area contributed by atoms with Gasteiger partial charge in [0.15, 0.2) is 0 Å². The first kappa shape index (κ1) is 12.9. The SMILES string of the molecule is OCCO.OCCOc1ccccc1. The summed E-state index contributed by atoms with van der Waals surface area (Å²) in [4.78, 5) is 0. The number of aliphatic hydroxyl groups excluding tert-OH is 3. The summed E-state index contributed by atoms with van der Waals surface area (Å²) in [6.07, 6.45) is 0. The fraction of sp³-hybridized carbons (Fsp3) is 0.400. The summed E-state index contributed by atoms with van der Waals surface area (Å²) in [5, 5.41) is 23.7. The Balaban J connectivity index is 0.000000364. The molecule has 80 valence electrons. The van der Waals surface area contributed by atoms with Gasteiger partial charge in [-0.1, -0.05) is 18.2 Å². The largest absolute Gasteiger partial charge is 0.491 e. The van der Waals surface area contributed by atoms with Crippen LogP contribution >= 0.6 is 0 Å². The molecule has 1 aromatic carbocycles. The minimum absolute atomic E-state index is 0.0644. The molecule has 0 amide bonds. The van der Waals surface area contributed by atoms with Gasteiger partial charge in [0, 0.05) is 0 Å². The smallest absolute Gasteiger partial charge is 0.119 e. The zero-order valence-electron chi connectivity index (χ0n) is 7.97. The first-order valence-electron chi connectivity index (χ1n) is 4.35. The van der Waals surface area contributed by atoms with Crippen molar-refractivity contribution in [1.29, 1.82) is 0 Å². The van der Waals surface area contributed by atoms with E-state index in [4.69, 9.17) is 20.1 Å². The van der Waals surface area contributed by atoms with Gasteiger partial charge in [-0.25, -0.2) is 0 Å². The van der Waals surface area contributed by atoms with E-state index in [1.165, 1.54) is 0 Å². The van der Waals surface area contributed by atoms with Gasteiger partial charge in [0.2, 0.25) is 0 Å². The lowest BCUT2D eigenvalue weighted by molar-refractivity contribution is 0.186. The van der Waals surface area contributed by atoms with Gasteiger partial charge in [-0.2, -0.15) is 0 Å². The third kappa shape index (κ3) is 7.54. The summed E-state index contributed by atoms with van der Waals surface area (Å²) >= 11 is 0. The lowest BCUT2D eigenvalue weighted by atomic mass is 10.3. The third-order valence-electron chi connectivity index (χ3n) is 1.20. The van der Waals surface area contributed by atoms with Crippen LogP contribution in [0.15, 0.2) is 30.3 Å². The second kappa shape index (κ2) is 9.98. The molecule has 3 N–H and O–H groups in total. The molecule has 0 unspecified atom stereocenters. The number of hydrogen-bond acceptors (Lipinski definition) is 4. The minimum Gasteiger partial charge on any atom is -0.491 e. The van der Waals surface area contributed by atoms with Crippen molar-refractivity contribution in [2.45, 2.75) is 0 Å². The molecule has 0 atom stereocenters. The van der Waals surface area contributed by atoms with Crippen molar-refractivity contribution in [1.82, 2.24) is 0 Å². The average molecular weight is 200 g/mol. The van der Waals surface area contributed by atoms with Crippen LogP contribution in [0, 0.1) is 0 Å². The molecule has 4 nitrogen and oxygen atoms in total. The van der Waals surface area contributed by atoms with Gasteiger partial charge < -0.3 is 20.1 Å². The highest BCUT2D eigenvalue weighted by Crippen LogP contribution is 2.06. The van der Waals surface area contributed by atoms with E-state index in [1.54, 1.807) is 0 Å². The highest BCUT2D eigenvalue weighted by Gasteiger charge is 1.86. The second-order valence-electron chi connectivity index (χ2n) is 2.33. The Morgan fingerprint density at radius 2 is 1.43 bits per heavy atom. The number of rotatable bonds is 4. The Morgan fingerprint density at radius 3 is 1.86 bits per heavy atom. The molecule has 1 rings (SSSR count). The maximum atomic E-state index is 8.40. The van der Waals surface area contributed by atoms with E-state index in [9.17, 15) is 0 Å². The van der Waals surface area contributed by atoms with E-state index >= 15 is 0 Å². The van der Waals surface area contributed by atoms with Gasteiger partial charge in [-0.15, -0.1) is 0 Å². The predicted octanol–water partition coefficient (Wildman–Crippen LogP) is 0.0287. The van der Waals surface area contributed by atoms with E-state index in [2.05, 4.69) is 0 Å². The Kier molecular flexibility index (Phi) is 9.20. The van der Waals surface area contributed by atoms with Crippen molar-refractivity contribution in [3.63, 3.8) is 0 Å². The summed E-state index contributed by atoms with van der Waals surface area (Å²) in [7, 11) is 0. The van der Waals surface area contributed by atoms with Gasteiger partial charge in [-0.05, 0) is 12.1 Å². The monoisotopic (exact) mass is 200 g/mol. The molecule has 0 spiro atoms. The van der Waals surface area contributed by atoms with Crippen LogP contribution in [0.2, 0.25) is 0 Å². The predicted molar refractivity (Wildman–Crippen MR) is 53.2 cm³/mol. The van der Waals surface area contributed by atoms with Crippen molar-refractivity contribution in [3.05, 3.63) is 30.3 Å². The maximum Gasteiger partial charge on any atom is 0.119 e. The summed E-state index contributed by atoms with van der Waals surface area (Å²) < 4.78 is 5.11. The second-order valence-corrected chi connectivity index (χ2v) is 2.33. The zero-order valence-corrected chi connectivity index (χ0v) is 7.97. The third-order valence-corrected chi connectivity index (χ3v) is 1.20. The zero-order chi connectivity index (χ0) is 10.6. The quantitative estimate of drug-likeness (QED) is 0.641. The Labute approximate surface area is 83.4 Å². The van der Waals surface area contributed by atoms with E-state index < -0.39 is 0 Å². The standard InChI is InChI=1S/C8H10O2.C2H6O2/c9-6-7-10-8-4-2-1-3-5-8;3-1-2-4/h1-5,9H,6-7H2;3-4H,1-2H2. The van der Waals surface area contributed by atoms with Crippen LogP contribution in [0.3, 0.4) is 0 Å². The van der Waals surface area contributed by atoms with E-state index in [0.29, 0.717) is 6.61 Å². The summed E-state index contributed by atoms with van der Waals surface area (Å²) in [6.45, 7) is 0.179. The Bertz CT molecular complexity index is 199. The van der Waals surface area contributed by atoms with E-state index in [1.807, 2.05) is 30.3 Å². The molecule has 0 radical (unpaired) electrons. The minimum atomic E-state index is -0.125. The molecule has 0 fully saturated rings. The molecule has 4 heteroatoms. The molecular weight excluding hydrogens is 184 g/mol. The molecule has 0 heterocycles. The van der Waals surface area contributed by atoms with Crippen molar-refractivity contribution < 1.29 is 20.1 Å². The summed E-state index contributed by atoms with van der Waals surface area (Å²) in [6, 6.07) is 9.43. The van der Waals surface area contributed by atoms with Crippen LogP contribution in [0.4, 0.5) is 0 Å². The number of benzene rings is 1. The summed E-state index contributed by atoms with van der Waals surface area (Å²) in [5.74, 6) is 0.802. The number of para-hydroxylation sites is 1. The first-order valence-corrected chi connectivity index (χ1v) is 4.35. The molecule has 0 aliphatic carbocycles. The van der Waals surface area contributed by atoms with Crippen LogP contribution in [-0.2, 0) is 0 Å². The average Bonchev–Trinajstić information content (AvgIpc) is 2.28. The van der Waals surface area contributed by atoms with Crippen molar-refractivity contribution >= 4 is 0 Å². The fourth-order valence-electron chi connectivity index (χ4n) is 0.680. The highest BCUT2D eigenvalue weighted by atomic mass is 16.5. The van der Waals surface area contributed by atoms with Crippen molar-refractivity contribution in [2.24, 2.45) is 0 Å². The van der Waals surface area contributed by atoms with Gasteiger partial charge in [-0.3, -0.25) is 0 Å². The summed E-state index contributed by atoms with van der Waals surface area (Å²) in [5.41, 5.74) is 0. The van der Waals surface area contributed by atoms with Gasteiger partial charge >= 0.3 is 0 Å². The topological polar surface area (TPSA) is 69.9 Å². The van der Waals surface area contributed by atoms with Crippen LogP contribution < -0.4 is 4.74 Å². The van der Waals surface area contributed by atoms with Crippen LogP contribution in [0.25, 0.3) is 0 Å². The van der Waals surface area contributed by atoms with Gasteiger partial charge in [0.05, 0.1) is 19.8 Å². The molecule has 14 heavy (non-hydrogen) atoms. The van der Waals surface area contributed by atoms with Crippen LogP contribution in [-0.4, -0.2) is 41.7 Å². The number of ether oxygens (including phenoxy) is 1. The molecule has 0 aliphatic heterocycles.